The van der Waals surface area contributed by atoms with Crippen molar-refractivity contribution < 1.29 is 13.2 Å². The smallest absolute Gasteiger partial charge is 0.344 e. The second kappa shape index (κ2) is 10.1. The van der Waals surface area contributed by atoms with Crippen molar-refractivity contribution in [3.63, 3.8) is 0 Å². The normalized spacial score (nSPS) is 21.8. The van der Waals surface area contributed by atoms with E-state index in [1.807, 2.05) is 26.2 Å². The number of alkyl halides is 3. The zero-order valence-corrected chi connectivity index (χ0v) is 19.2. The summed E-state index contributed by atoms with van der Waals surface area (Å²) in [6.07, 6.45) is 5.60. The van der Waals surface area contributed by atoms with Crippen LogP contribution in [0.25, 0.3) is 16.3 Å². The number of aliphatic imine (C=N–C) groups is 1. The Morgan fingerprint density at radius 1 is 1.12 bits per heavy atom. The van der Waals surface area contributed by atoms with Gasteiger partial charge in [0.05, 0.1) is 6.42 Å². The van der Waals surface area contributed by atoms with Crippen LogP contribution < -0.4 is 10.6 Å². The third-order valence-electron chi connectivity index (χ3n) is 6.57. The highest BCUT2D eigenvalue weighted by atomic mass is 19.4. The zero-order chi connectivity index (χ0) is 23.4. The molecule has 1 aromatic carbocycles. The number of fused-ring (bicyclic) bond motifs is 1. The number of pyridine rings is 1. The summed E-state index contributed by atoms with van der Waals surface area (Å²) in [7, 11) is 0. The minimum absolute atomic E-state index is 0.000842. The van der Waals surface area contributed by atoms with E-state index in [1.165, 1.54) is 11.1 Å². The summed E-state index contributed by atoms with van der Waals surface area (Å²) in [5, 5.41) is 8.80. The van der Waals surface area contributed by atoms with E-state index in [0.717, 1.165) is 60.1 Å². The molecule has 4 nitrogen and oxygen atoms in total. The van der Waals surface area contributed by atoms with Crippen LogP contribution in [0.2, 0.25) is 0 Å². The molecular weight excluding hydrogens is 425 g/mol. The van der Waals surface area contributed by atoms with Crippen molar-refractivity contribution in [3.8, 4) is 0 Å². The van der Waals surface area contributed by atoms with Crippen LogP contribution in [0.1, 0.15) is 57.9 Å². The predicted octanol–water partition coefficient (Wildman–Crippen LogP) is 6.86. The number of aromatic nitrogens is 1. The Morgan fingerprint density at radius 3 is 2.58 bits per heavy atom. The van der Waals surface area contributed by atoms with Crippen molar-refractivity contribution in [2.45, 2.75) is 64.6 Å². The lowest BCUT2D eigenvalue weighted by Crippen LogP contribution is -2.36. The number of hydrogen-bond acceptors (Lipinski definition) is 4. The molecule has 2 aromatic rings. The minimum atomic E-state index is -4.10. The van der Waals surface area contributed by atoms with E-state index in [2.05, 4.69) is 51.0 Å². The van der Waals surface area contributed by atoms with Gasteiger partial charge in [-0.25, -0.2) is 4.98 Å². The summed E-state index contributed by atoms with van der Waals surface area (Å²) in [5.74, 6) is 1.18. The molecule has 0 amide bonds. The Hall–Kier alpha value is -2.67. The first-order valence-electron chi connectivity index (χ1n) is 11.7. The average Bonchev–Trinajstić information content (AvgIpc) is 3.23. The topological polar surface area (TPSA) is 49.3 Å². The van der Waals surface area contributed by atoms with Crippen LogP contribution in [0.15, 0.2) is 53.4 Å². The van der Waals surface area contributed by atoms with Crippen LogP contribution >= 0.6 is 0 Å². The number of allylic oxidation sites excluding steroid dienone is 3. The fourth-order valence-corrected chi connectivity index (χ4v) is 4.73. The van der Waals surface area contributed by atoms with Crippen LogP contribution in [-0.2, 0) is 0 Å². The van der Waals surface area contributed by atoms with Crippen LogP contribution in [-0.4, -0.2) is 29.5 Å². The maximum atomic E-state index is 12.4. The lowest BCUT2D eigenvalue weighted by atomic mass is 9.83. The fraction of sp³-hybridized carbons (Fsp3) is 0.462. The minimum Gasteiger partial charge on any atom is -0.344 e. The first kappa shape index (κ1) is 23.5. The fourth-order valence-electron chi connectivity index (χ4n) is 4.73. The first-order valence-corrected chi connectivity index (χ1v) is 11.7. The molecule has 0 radical (unpaired) electrons. The predicted molar refractivity (Wildman–Crippen MR) is 129 cm³/mol. The van der Waals surface area contributed by atoms with Gasteiger partial charge in [0.2, 0.25) is 0 Å². The summed E-state index contributed by atoms with van der Waals surface area (Å²) >= 11 is 0. The molecule has 1 fully saturated rings. The van der Waals surface area contributed by atoms with Gasteiger partial charge in [0.25, 0.3) is 0 Å². The van der Waals surface area contributed by atoms with Gasteiger partial charge in [0, 0.05) is 48.2 Å². The summed E-state index contributed by atoms with van der Waals surface area (Å²) in [5.41, 5.74) is 4.68. The molecule has 0 saturated heterocycles. The average molecular weight is 457 g/mol. The third-order valence-corrected chi connectivity index (χ3v) is 6.57. The monoisotopic (exact) mass is 456 g/mol. The Labute approximate surface area is 193 Å². The number of anilines is 1. The molecule has 2 N–H and O–H groups in total. The van der Waals surface area contributed by atoms with Gasteiger partial charge < -0.3 is 10.6 Å². The van der Waals surface area contributed by atoms with Gasteiger partial charge in [-0.3, -0.25) is 4.99 Å². The highest BCUT2D eigenvalue weighted by Gasteiger charge is 2.28. The van der Waals surface area contributed by atoms with Crippen molar-refractivity contribution >= 4 is 27.9 Å². The largest absolute Gasteiger partial charge is 0.390 e. The molecule has 1 aliphatic carbocycles. The molecule has 4 rings (SSSR count). The maximum Gasteiger partial charge on any atom is 0.390 e. The van der Waals surface area contributed by atoms with Gasteiger partial charge in [-0.2, -0.15) is 13.2 Å². The molecule has 0 atom stereocenters. The van der Waals surface area contributed by atoms with Gasteiger partial charge in [-0.15, -0.1) is 0 Å². The Morgan fingerprint density at radius 2 is 1.91 bits per heavy atom. The van der Waals surface area contributed by atoms with Crippen molar-refractivity contribution in [2.24, 2.45) is 10.9 Å². The van der Waals surface area contributed by atoms with E-state index in [-0.39, 0.29) is 12.6 Å². The SMILES string of the molecule is C/C=C(/Nc1cc2cc(C3=CN=C(C)C3)ccc2cn1)C1CCC(NCCC(F)(F)F)CC1. The molecule has 1 saturated carbocycles. The molecule has 7 heteroatoms. The molecule has 1 aliphatic heterocycles. The van der Waals surface area contributed by atoms with Crippen molar-refractivity contribution in [3.05, 3.63) is 54.0 Å². The number of hydrogen-bond donors (Lipinski definition) is 2. The number of rotatable bonds is 7. The van der Waals surface area contributed by atoms with E-state index in [9.17, 15) is 13.2 Å². The van der Waals surface area contributed by atoms with Gasteiger partial charge in [0.15, 0.2) is 0 Å². The summed E-state index contributed by atoms with van der Waals surface area (Å²) in [4.78, 5) is 8.99. The number of benzene rings is 1. The van der Waals surface area contributed by atoms with E-state index < -0.39 is 12.6 Å². The third kappa shape index (κ3) is 6.22. The number of nitrogens with one attached hydrogen (secondary N) is 2. The maximum absolute atomic E-state index is 12.4. The van der Waals surface area contributed by atoms with Crippen LogP contribution in [0.3, 0.4) is 0 Å². The molecule has 2 heterocycles. The van der Waals surface area contributed by atoms with E-state index >= 15 is 0 Å². The van der Waals surface area contributed by atoms with Gasteiger partial charge in [-0.1, -0.05) is 18.2 Å². The van der Waals surface area contributed by atoms with Crippen molar-refractivity contribution in [1.82, 2.24) is 10.3 Å². The first-order chi connectivity index (χ1) is 15.8. The Kier molecular flexibility index (Phi) is 7.17. The van der Waals surface area contributed by atoms with E-state index in [0.29, 0.717) is 5.92 Å². The highest BCUT2D eigenvalue weighted by molar-refractivity contribution is 5.98. The van der Waals surface area contributed by atoms with Gasteiger partial charge in [-0.05, 0) is 74.1 Å². The van der Waals surface area contributed by atoms with Crippen molar-refractivity contribution in [2.75, 3.05) is 11.9 Å². The standard InChI is InChI=1S/C26H31F3N4/c1-3-24(18-6-8-23(9-7-18)30-11-10-26(27,28)29)33-25-14-21-13-19(4-5-20(21)15-32-25)22-12-17(2)31-16-22/h3-5,13-16,18,23,30H,6-12H2,1-2H3,(H,32,33)/b24-3+. The van der Waals surface area contributed by atoms with E-state index in [1.54, 1.807) is 0 Å². The quantitative estimate of drug-likeness (QED) is 0.479. The number of halogens is 3. The summed E-state index contributed by atoms with van der Waals surface area (Å²) < 4.78 is 37.1. The zero-order valence-electron chi connectivity index (χ0n) is 19.2. The van der Waals surface area contributed by atoms with Crippen LogP contribution in [0.5, 0.6) is 0 Å². The molecule has 0 bridgehead atoms. The molecule has 0 spiro atoms. The van der Waals surface area contributed by atoms with Crippen LogP contribution in [0, 0.1) is 5.92 Å². The molecule has 176 valence electrons. The lowest BCUT2D eigenvalue weighted by Gasteiger charge is -2.31. The van der Waals surface area contributed by atoms with Crippen LogP contribution in [0.4, 0.5) is 19.0 Å². The van der Waals surface area contributed by atoms with Crippen molar-refractivity contribution in [1.29, 1.82) is 0 Å². The molecular formula is C26H31F3N4. The summed E-state index contributed by atoms with van der Waals surface area (Å²) in [6, 6.07) is 8.65. The Bertz CT molecular complexity index is 1080. The molecule has 2 aliphatic rings. The lowest BCUT2D eigenvalue weighted by molar-refractivity contribution is -0.133. The highest BCUT2D eigenvalue weighted by Crippen LogP contribution is 2.32. The molecule has 33 heavy (non-hydrogen) atoms. The van der Waals surface area contributed by atoms with Gasteiger partial charge in [0.1, 0.15) is 5.82 Å². The second-order valence-electron chi connectivity index (χ2n) is 9.06. The second-order valence-corrected chi connectivity index (χ2v) is 9.06. The van der Waals surface area contributed by atoms with E-state index in [4.69, 9.17) is 0 Å². The summed E-state index contributed by atoms with van der Waals surface area (Å²) in [6.45, 7) is 4.06. The number of nitrogens with zero attached hydrogens (tertiary/aromatic N) is 2. The Balaban J connectivity index is 1.37. The van der Waals surface area contributed by atoms with Gasteiger partial charge >= 0.3 is 6.18 Å². The molecule has 1 aromatic heterocycles. The molecule has 0 unspecified atom stereocenters.